The van der Waals surface area contributed by atoms with Crippen molar-refractivity contribution >= 4 is 5.97 Å². The van der Waals surface area contributed by atoms with Crippen LogP contribution in [0, 0.1) is 5.92 Å². The zero-order valence-corrected chi connectivity index (χ0v) is 11.1. The van der Waals surface area contributed by atoms with E-state index in [0.717, 1.165) is 5.56 Å². The predicted octanol–water partition coefficient (Wildman–Crippen LogP) is 2.07. The molecule has 0 aliphatic carbocycles. The van der Waals surface area contributed by atoms with Gasteiger partial charge >= 0.3 is 5.97 Å². The molecule has 1 aromatic rings. The summed E-state index contributed by atoms with van der Waals surface area (Å²) in [5.41, 5.74) is 0.820. The molecular formula is C14H21NO3. The maximum absolute atomic E-state index is 11.6. The number of carbonyl (C=O) groups is 1. The van der Waals surface area contributed by atoms with E-state index in [1.54, 1.807) is 19.1 Å². The summed E-state index contributed by atoms with van der Waals surface area (Å²) in [6.45, 7) is 6.49. The van der Waals surface area contributed by atoms with Gasteiger partial charge in [0, 0.05) is 18.2 Å². The number of para-hydroxylation sites is 1. The number of aromatic hydroxyl groups is 1. The molecule has 0 fully saturated rings. The first-order chi connectivity index (χ1) is 8.56. The molecule has 1 rings (SSSR count). The topological polar surface area (TPSA) is 58.6 Å². The molecule has 0 amide bonds. The van der Waals surface area contributed by atoms with Crippen molar-refractivity contribution in [3.63, 3.8) is 0 Å². The standard InChI is InChI=1S/C14H21NO3/c1-4-18-14(17)10(2)11(3)15-9-12-7-5-6-8-13(12)16/h5-8,10-11,15-16H,4,9H2,1-3H3. The normalized spacial score (nSPS) is 13.9. The van der Waals surface area contributed by atoms with Crippen molar-refractivity contribution < 1.29 is 14.6 Å². The Balaban J connectivity index is 2.48. The van der Waals surface area contributed by atoms with Crippen LogP contribution in [0.2, 0.25) is 0 Å². The molecule has 2 unspecified atom stereocenters. The van der Waals surface area contributed by atoms with Gasteiger partial charge in [-0.15, -0.1) is 0 Å². The Kier molecular flexibility index (Phi) is 5.65. The van der Waals surface area contributed by atoms with Crippen LogP contribution in [0.1, 0.15) is 26.3 Å². The van der Waals surface area contributed by atoms with E-state index in [0.29, 0.717) is 13.2 Å². The van der Waals surface area contributed by atoms with E-state index in [1.807, 2.05) is 26.0 Å². The number of carbonyl (C=O) groups excluding carboxylic acids is 1. The molecule has 4 heteroatoms. The van der Waals surface area contributed by atoms with Crippen LogP contribution in [0.15, 0.2) is 24.3 Å². The van der Waals surface area contributed by atoms with Gasteiger partial charge in [0.2, 0.25) is 0 Å². The summed E-state index contributed by atoms with van der Waals surface area (Å²) in [5.74, 6) is -0.147. The molecule has 0 saturated carbocycles. The van der Waals surface area contributed by atoms with Gasteiger partial charge in [-0.25, -0.2) is 0 Å². The Morgan fingerprint density at radius 2 is 2.06 bits per heavy atom. The minimum absolute atomic E-state index is 0.0105. The van der Waals surface area contributed by atoms with Crippen molar-refractivity contribution in [3.8, 4) is 5.75 Å². The van der Waals surface area contributed by atoms with Gasteiger partial charge in [-0.05, 0) is 19.9 Å². The predicted molar refractivity (Wildman–Crippen MR) is 70.2 cm³/mol. The molecule has 2 atom stereocenters. The van der Waals surface area contributed by atoms with Crippen molar-refractivity contribution in [1.82, 2.24) is 5.32 Å². The van der Waals surface area contributed by atoms with Gasteiger partial charge in [0.15, 0.2) is 0 Å². The second-order valence-electron chi connectivity index (χ2n) is 4.34. The lowest BCUT2D eigenvalue weighted by atomic mass is 10.0. The Morgan fingerprint density at radius 3 is 2.67 bits per heavy atom. The third-order valence-electron chi connectivity index (χ3n) is 3.01. The molecule has 1 aromatic carbocycles. The summed E-state index contributed by atoms with van der Waals surface area (Å²) >= 11 is 0. The van der Waals surface area contributed by atoms with Crippen molar-refractivity contribution in [2.75, 3.05) is 6.61 Å². The molecule has 100 valence electrons. The molecule has 18 heavy (non-hydrogen) atoms. The monoisotopic (exact) mass is 251 g/mol. The van der Waals surface area contributed by atoms with Gasteiger partial charge in [-0.3, -0.25) is 4.79 Å². The van der Waals surface area contributed by atoms with Crippen molar-refractivity contribution in [3.05, 3.63) is 29.8 Å². The highest BCUT2D eigenvalue weighted by Crippen LogP contribution is 2.16. The number of phenols is 1. The number of ether oxygens (including phenoxy) is 1. The number of esters is 1. The molecule has 0 spiro atoms. The number of nitrogens with one attached hydrogen (secondary N) is 1. The molecule has 0 aromatic heterocycles. The molecule has 0 aliphatic rings. The fourth-order valence-corrected chi connectivity index (χ4v) is 1.59. The zero-order valence-electron chi connectivity index (χ0n) is 11.1. The van der Waals surface area contributed by atoms with E-state index in [9.17, 15) is 9.90 Å². The first-order valence-corrected chi connectivity index (χ1v) is 6.23. The number of hydrogen-bond acceptors (Lipinski definition) is 4. The van der Waals surface area contributed by atoms with Crippen LogP contribution in [-0.4, -0.2) is 23.7 Å². The van der Waals surface area contributed by atoms with Crippen LogP contribution in [0.4, 0.5) is 0 Å². The number of rotatable bonds is 6. The number of benzene rings is 1. The van der Waals surface area contributed by atoms with E-state index >= 15 is 0 Å². The maximum Gasteiger partial charge on any atom is 0.310 e. The van der Waals surface area contributed by atoms with Crippen LogP contribution >= 0.6 is 0 Å². The van der Waals surface area contributed by atoms with E-state index in [-0.39, 0.29) is 23.7 Å². The Labute approximate surface area is 108 Å². The van der Waals surface area contributed by atoms with E-state index < -0.39 is 0 Å². The first-order valence-electron chi connectivity index (χ1n) is 6.23. The van der Waals surface area contributed by atoms with Gasteiger partial charge in [-0.2, -0.15) is 0 Å². The number of phenolic OH excluding ortho intramolecular Hbond substituents is 1. The molecule has 0 saturated heterocycles. The largest absolute Gasteiger partial charge is 0.508 e. The summed E-state index contributed by atoms with van der Waals surface area (Å²) in [5, 5.41) is 12.8. The molecule has 0 heterocycles. The fourth-order valence-electron chi connectivity index (χ4n) is 1.59. The van der Waals surface area contributed by atoms with Crippen LogP contribution in [-0.2, 0) is 16.1 Å². The maximum atomic E-state index is 11.6. The third kappa shape index (κ3) is 4.04. The molecule has 2 N–H and O–H groups in total. The SMILES string of the molecule is CCOC(=O)C(C)C(C)NCc1ccccc1O. The first kappa shape index (κ1) is 14.5. The molecule has 4 nitrogen and oxygen atoms in total. The van der Waals surface area contributed by atoms with Gasteiger partial charge in [0.1, 0.15) is 5.75 Å². The van der Waals surface area contributed by atoms with Crippen molar-refractivity contribution in [2.24, 2.45) is 5.92 Å². The van der Waals surface area contributed by atoms with E-state index in [2.05, 4.69) is 5.32 Å². The summed E-state index contributed by atoms with van der Waals surface area (Å²) in [7, 11) is 0. The molecular weight excluding hydrogens is 230 g/mol. The summed E-state index contributed by atoms with van der Waals surface area (Å²) in [6.07, 6.45) is 0. The zero-order chi connectivity index (χ0) is 13.5. The minimum atomic E-state index is -0.212. The summed E-state index contributed by atoms with van der Waals surface area (Å²) in [4.78, 5) is 11.6. The van der Waals surface area contributed by atoms with Gasteiger partial charge < -0.3 is 15.2 Å². The lowest BCUT2D eigenvalue weighted by Crippen LogP contribution is -2.36. The second-order valence-corrected chi connectivity index (χ2v) is 4.34. The summed E-state index contributed by atoms with van der Waals surface area (Å²) in [6, 6.07) is 7.14. The van der Waals surface area contributed by atoms with E-state index in [1.165, 1.54) is 0 Å². The van der Waals surface area contributed by atoms with E-state index in [4.69, 9.17) is 4.74 Å². The molecule has 0 radical (unpaired) electrons. The second kappa shape index (κ2) is 7.01. The Morgan fingerprint density at radius 1 is 1.39 bits per heavy atom. The van der Waals surface area contributed by atoms with Crippen molar-refractivity contribution in [2.45, 2.75) is 33.4 Å². The Bertz CT molecular complexity index is 392. The Hall–Kier alpha value is -1.55. The highest BCUT2D eigenvalue weighted by atomic mass is 16.5. The van der Waals surface area contributed by atoms with Crippen molar-refractivity contribution in [1.29, 1.82) is 0 Å². The third-order valence-corrected chi connectivity index (χ3v) is 3.01. The van der Waals surface area contributed by atoms with Gasteiger partial charge in [0.05, 0.1) is 12.5 Å². The molecule has 0 bridgehead atoms. The van der Waals surface area contributed by atoms with Gasteiger partial charge in [-0.1, -0.05) is 25.1 Å². The fraction of sp³-hybridized carbons (Fsp3) is 0.500. The average Bonchev–Trinajstić information content (AvgIpc) is 2.36. The lowest BCUT2D eigenvalue weighted by Gasteiger charge is -2.20. The highest BCUT2D eigenvalue weighted by Gasteiger charge is 2.20. The molecule has 0 aliphatic heterocycles. The highest BCUT2D eigenvalue weighted by molar-refractivity contribution is 5.72. The average molecular weight is 251 g/mol. The summed E-state index contributed by atoms with van der Waals surface area (Å²) < 4.78 is 4.97. The van der Waals surface area contributed by atoms with Crippen LogP contribution in [0.5, 0.6) is 5.75 Å². The lowest BCUT2D eigenvalue weighted by molar-refractivity contribution is -0.148. The van der Waals surface area contributed by atoms with Crippen LogP contribution < -0.4 is 5.32 Å². The quantitative estimate of drug-likeness (QED) is 0.760. The van der Waals surface area contributed by atoms with Crippen LogP contribution in [0.3, 0.4) is 0 Å². The minimum Gasteiger partial charge on any atom is -0.508 e. The number of hydrogen-bond donors (Lipinski definition) is 2. The van der Waals surface area contributed by atoms with Crippen LogP contribution in [0.25, 0.3) is 0 Å². The smallest absolute Gasteiger partial charge is 0.310 e. The van der Waals surface area contributed by atoms with Gasteiger partial charge in [0.25, 0.3) is 0 Å².